The van der Waals surface area contributed by atoms with Gasteiger partial charge in [-0.15, -0.1) is 0 Å². The molecule has 1 amide bonds. The third-order valence-electron chi connectivity index (χ3n) is 3.74. The molecule has 19 heavy (non-hydrogen) atoms. The van der Waals surface area contributed by atoms with Gasteiger partial charge in [0, 0.05) is 32.7 Å². The molecule has 2 fully saturated rings. The van der Waals surface area contributed by atoms with Gasteiger partial charge in [-0.3, -0.25) is 9.69 Å². The van der Waals surface area contributed by atoms with Crippen LogP contribution in [-0.2, 0) is 14.8 Å². The number of nitrogens with one attached hydrogen (secondary N) is 1. The van der Waals surface area contributed by atoms with Crippen molar-refractivity contribution < 1.29 is 13.2 Å². The maximum absolute atomic E-state index is 12.4. The molecule has 2 rings (SSSR count). The standard InChI is InChI=1S/C11H22N4O3S/c12-19(17,18)9-8-14-5-1-2-10(14)11(16)15-6-3-13-4-7-15/h10,13H,1-9H2,(H2,12,17,18). The normalized spacial score (nSPS) is 25.7. The highest BCUT2D eigenvalue weighted by atomic mass is 32.2. The lowest BCUT2D eigenvalue weighted by Crippen LogP contribution is -2.53. The van der Waals surface area contributed by atoms with E-state index in [1.54, 1.807) is 0 Å². The molecule has 2 saturated heterocycles. The number of hydrogen-bond acceptors (Lipinski definition) is 5. The number of sulfonamides is 1. The van der Waals surface area contributed by atoms with Gasteiger partial charge in [-0.25, -0.2) is 13.6 Å². The Kier molecular flexibility index (Phi) is 4.77. The summed E-state index contributed by atoms with van der Waals surface area (Å²) in [7, 11) is -3.46. The molecule has 2 aliphatic rings. The Morgan fingerprint density at radius 2 is 1.95 bits per heavy atom. The van der Waals surface area contributed by atoms with Crippen LogP contribution in [0.1, 0.15) is 12.8 Å². The predicted molar refractivity (Wildman–Crippen MR) is 72.0 cm³/mol. The van der Waals surface area contributed by atoms with Gasteiger partial charge < -0.3 is 10.2 Å². The number of primary sulfonamides is 1. The molecular formula is C11H22N4O3S. The van der Waals surface area contributed by atoms with E-state index in [0.29, 0.717) is 6.54 Å². The van der Waals surface area contributed by atoms with Crippen LogP contribution in [0.5, 0.6) is 0 Å². The monoisotopic (exact) mass is 290 g/mol. The maximum atomic E-state index is 12.4. The van der Waals surface area contributed by atoms with Crippen LogP contribution < -0.4 is 10.5 Å². The first kappa shape index (κ1) is 14.7. The van der Waals surface area contributed by atoms with Gasteiger partial charge in [0.1, 0.15) is 0 Å². The third kappa shape index (κ3) is 4.13. The largest absolute Gasteiger partial charge is 0.339 e. The van der Waals surface area contributed by atoms with Crippen LogP contribution in [0, 0.1) is 0 Å². The zero-order valence-electron chi connectivity index (χ0n) is 11.0. The summed E-state index contributed by atoms with van der Waals surface area (Å²) in [5.74, 6) is 0.0478. The number of rotatable bonds is 4. The summed E-state index contributed by atoms with van der Waals surface area (Å²) in [6.45, 7) is 4.25. The first-order valence-corrected chi connectivity index (χ1v) is 8.43. The van der Waals surface area contributed by atoms with Crippen molar-refractivity contribution in [2.45, 2.75) is 18.9 Å². The van der Waals surface area contributed by atoms with Gasteiger partial charge in [-0.05, 0) is 19.4 Å². The van der Waals surface area contributed by atoms with Gasteiger partial charge in [0.25, 0.3) is 0 Å². The molecule has 7 nitrogen and oxygen atoms in total. The van der Waals surface area contributed by atoms with E-state index >= 15 is 0 Å². The summed E-state index contributed by atoms with van der Waals surface area (Å²) >= 11 is 0. The van der Waals surface area contributed by atoms with Gasteiger partial charge in [0.05, 0.1) is 11.8 Å². The molecule has 0 aromatic heterocycles. The van der Waals surface area contributed by atoms with Crippen molar-refractivity contribution in [3.05, 3.63) is 0 Å². The number of carbonyl (C=O) groups is 1. The molecular weight excluding hydrogens is 268 g/mol. The van der Waals surface area contributed by atoms with Crippen LogP contribution in [-0.4, -0.2) is 75.2 Å². The molecule has 0 aliphatic carbocycles. The molecule has 1 atom stereocenters. The van der Waals surface area contributed by atoms with Crippen molar-refractivity contribution >= 4 is 15.9 Å². The summed E-state index contributed by atoms with van der Waals surface area (Å²) in [5.41, 5.74) is 0. The van der Waals surface area contributed by atoms with Gasteiger partial charge in [0.15, 0.2) is 0 Å². The molecule has 0 saturated carbocycles. The Morgan fingerprint density at radius 1 is 1.26 bits per heavy atom. The zero-order valence-corrected chi connectivity index (χ0v) is 11.9. The molecule has 2 aliphatic heterocycles. The van der Waals surface area contributed by atoms with Crippen LogP contribution in [0.4, 0.5) is 0 Å². The van der Waals surface area contributed by atoms with E-state index in [-0.39, 0.29) is 17.7 Å². The Morgan fingerprint density at radius 3 is 2.58 bits per heavy atom. The minimum atomic E-state index is -3.46. The Labute approximate surface area is 114 Å². The SMILES string of the molecule is NS(=O)(=O)CCN1CCCC1C(=O)N1CCNCC1. The van der Waals surface area contributed by atoms with Crippen LogP contribution in [0.15, 0.2) is 0 Å². The number of nitrogens with two attached hydrogens (primary N) is 1. The second-order valence-corrected chi connectivity index (χ2v) is 6.87. The number of piperazine rings is 1. The van der Waals surface area contributed by atoms with Crippen molar-refractivity contribution in [1.29, 1.82) is 0 Å². The Balaban J connectivity index is 1.92. The highest BCUT2D eigenvalue weighted by Crippen LogP contribution is 2.19. The zero-order chi connectivity index (χ0) is 13.9. The van der Waals surface area contributed by atoms with Crippen molar-refractivity contribution in [3.63, 3.8) is 0 Å². The molecule has 8 heteroatoms. The van der Waals surface area contributed by atoms with E-state index in [4.69, 9.17) is 5.14 Å². The van der Waals surface area contributed by atoms with E-state index in [9.17, 15) is 13.2 Å². The third-order valence-corrected chi connectivity index (χ3v) is 4.49. The molecule has 1 unspecified atom stereocenters. The van der Waals surface area contributed by atoms with E-state index in [1.165, 1.54) is 0 Å². The van der Waals surface area contributed by atoms with Gasteiger partial charge >= 0.3 is 0 Å². The highest BCUT2D eigenvalue weighted by Gasteiger charge is 2.34. The van der Waals surface area contributed by atoms with Gasteiger partial charge in [-0.1, -0.05) is 0 Å². The fraction of sp³-hybridized carbons (Fsp3) is 0.909. The number of amides is 1. The van der Waals surface area contributed by atoms with Gasteiger partial charge in [0.2, 0.25) is 15.9 Å². The summed E-state index contributed by atoms with van der Waals surface area (Å²) in [4.78, 5) is 16.2. The number of carbonyl (C=O) groups excluding carboxylic acids is 1. The van der Waals surface area contributed by atoms with Crippen LogP contribution >= 0.6 is 0 Å². The Bertz CT molecular complexity index is 420. The fourth-order valence-electron chi connectivity index (χ4n) is 2.71. The molecule has 3 N–H and O–H groups in total. The van der Waals surface area contributed by atoms with Crippen LogP contribution in [0.2, 0.25) is 0 Å². The van der Waals surface area contributed by atoms with E-state index in [0.717, 1.165) is 45.6 Å². The van der Waals surface area contributed by atoms with E-state index in [1.807, 2.05) is 9.80 Å². The lowest BCUT2D eigenvalue weighted by atomic mass is 10.2. The van der Waals surface area contributed by atoms with Crippen molar-refractivity contribution in [2.75, 3.05) is 45.0 Å². The Hall–Kier alpha value is -0.700. The topological polar surface area (TPSA) is 95.7 Å². The van der Waals surface area contributed by atoms with E-state index < -0.39 is 10.0 Å². The highest BCUT2D eigenvalue weighted by molar-refractivity contribution is 7.89. The molecule has 0 aromatic rings. The fourth-order valence-corrected chi connectivity index (χ4v) is 3.20. The number of hydrogen-bond donors (Lipinski definition) is 2. The minimum Gasteiger partial charge on any atom is -0.339 e. The van der Waals surface area contributed by atoms with Crippen molar-refractivity contribution in [3.8, 4) is 0 Å². The van der Waals surface area contributed by atoms with Crippen LogP contribution in [0.25, 0.3) is 0 Å². The quantitative estimate of drug-likeness (QED) is 0.635. The molecule has 2 heterocycles. The minimum absolute atomic E-state index is 0.0850. The lowest BCUT2D eigenvalue weighted by molar-refractivity contribution is -0.136. The number of nitrogens with zero attached hydrogens (tertiary/aromatic N) is 2. The molecule has 0 bridgehead atoms. The summed E-state index contributed by atoms with van der Waals surface area (Å²) in [5, 5.41) is 8.23. The summed E-state index contributed by atoms with van der Waals surface area (Å²) in [6, 6.07) is -0.167. The second kappa shape index (κ2) is 6.17. The summed E-state index contributed by atoms with van der Waals surface area (Å²) < 4.78 is 22.0. The van der Waals surface area contributed by atoms with Crippen molar-refractivity contribution in [1.82, 2.24) is 15.1 Å². The molecule has 0 radical (unpaired) electrons. The van der Waals surface area contributed by atoms with E-state index in [2.05, 4.69) is 5.32 Å². The lowest BCUT2D eigenvalue weighted by Gasteiger charge is -2.32. The first-order chi connectivity index (χ1) is 8.97. The van der Waals surface area contributed by atoms with Crippen molar-refractivity contribution in [2.24, 2.45) is 5.14 Å². The second-order valence-electron chi connectivity index (χ2n) is 5.14. The van der Waals surface area contributed by atoms with Crippen LogP contribution in [0.3, 0.4) is 0 Å². The smallest absolute Gasteiger partial charge is 0.240 e. The molecule has 0 spiro atoms. The average molecular weight is 290 g/mol. The average Bonchev–Trinajstić information content (AvgIpc) is 2.84. The summed E-state index contributed by atoms with van der Waals surface area (Å²) in [6.07, 6.45) is 1.75. The first-order valence-electron chi connectivity index (χ1n) is 6.71. The van der Waals surface area contributed by atoms with Gasteiger partial charge in [-0.2, -0.15) is 0 Å². The molecule has 110 valence electrons. The molecule has 0 aromatic carbocycles. The number of likely N-dealkylation sites (tertiary alicyclic amines) is 1. The maximum Gasteiger partial charge on any atom is 0.240 e. The predicted octanol–water partition coefficient (Wildman–Crippen LogP) is -1.83.